The summed E-state index contributed by atoms with van der Waals surface area (Å²) in [6.07, 6.45) is 0.130. The highest BCUT2D eigenvalue weighted by Crippen LogP contribution is 2.38. The van der Waals surface area contributed by atoms with Crippen molar-refractivity contribution in [2.75, 3.05) is 27.9 Å². The minimum absolute atomic E-state index is 0.130. The average Bonchev–Trinajstić information content (AvgIpc) is 2.46. The first-order valence-electron chi connectivity index (χ1n) is 5.71. The van der Waals surface area contributed by atoms with Gasteiger partial charge in [0.05, 0.1) is 41.0 Å². The molecule has 0 aromatic heterocycles. The summed E-state index contributed by atoms with van der Waals surface area (Å²) >= 11 is 0. The predicted molar refractivity (Wildman–Crippen MR) is 67.6 cm³/mol. The lowest BCUT2D eigenvalue weighted by Crippen LogP contribution is -2.09. The van der Waals surface area contributed by atoms with Crippen molar-refractivity contribution < 1.29 is 28.8 Å². The molecule has 106 valence electrons. The van der Waals surface area contributed by atoms with Crippen molar-refractivity contribution in [2.24, 2.45) is 0 Å². The molecule has 6 heteroatoms. The molecule has 0 radical (unpaired) electrons. The largest absolute Gasteiger partial charge is 0.493 e. The number of methoxy groups -OCH3 is 3. The van der Waals surface area contributed by atoms with Gasteiger partial charge in [0.2, 0.25) is 5.75 Å². The summed E-state index contributed by atoms with van der Waals surface area (Å²) in [7, 11) is 4.30. The molecule has 0 atom stereocenters. The molecule has 0 spiro atoms. The van der Waals surface area contributed by atoms with Gasteiger partial charge < -0.3 is 24.1 Å². The van der Waals surface area contributed by atoms with Gasteiger partial charge in [0.25, 0.3) is 0 Å². The lowest BCUT2D eigenvalue weighted by atomic mass is 10.2. The number of ether oxygens (including phenoxy) is 4. The summed E-state index contributed by atoms with van der Waals surface area (Å²) in [5.41, 5.74) is 0.647. The summed E-state index contributed by atoms with van der Waals surface area (Å²) in [6.45, 7) is 0.0209. The number of rotatable bonds is 7. The van der Waals surface area contributed by atoms with E-state index in [0.29, 0.717) is 22.8 Å². The van der Waals surface area contributed by atoms with Crippen LogP contribution in [-0.2, 0) is 16.1 Å². The summed E-state index contributed by atoms with van der Waals surface area (Å²) in [4.78, 5) is 11.0. The topological polar surface area (TPSA) is 74.2 Å². The molecule has 1 rings (SSSR count). The Kier molecular flexibility index (Phi) is 5.95. The van der Waals surface area contributed by atoms with Gasteiger partial charge in [0.15, 0.2) is 11.5 Å². The molecule has 0 bridgehead atoms. The molecule has 0 aliphatic carbocycles. The Bertz CT molecular complexity index is 404. The van der Waals surface area contributed by atoms with Gasteiger partial charge in [-0.1, -0.05) is 0 Å². The highest BCUT2D eigenvalue weighted by Gasteiger charge is 2.14. The maximum atomic E-state index is 11.0. The first-order chi connectivity index (χ1) is 9.15. The van der Waals surface area contributed by atoms with E-state index in [-0.39, 0.29) is 25.6 Å². The third-order valence-corrected chi connectivity index (χ3v) is 2.48. The number of carbonyl (C=O) groups excluding carboxylic acids is 1. The van der Waals surface area contributed by atoms with E-state index in [4.69, 9.17) is 19.3 Å². The van der Waals surface area contributed by atoms with Crippen LogP contribution in [0.3, 0.4) is 0 Å². The van der Waals surface area contributed by atoms with Crippen LogP contribution < -0.4 is 14.2 Å². The van der Waals surface area contributed by atoms with Gasteiger partial charge in [-0.25, -0.2) is 0 Å². The van der Waals surface area contributed by atoms with Gasteiger partial charge in [-0.3, -0.25) is 4.79 Å². The first kappa shape index (κ1) is 15.1. The van der Waals surface area contributed by atoms with E-state index >= 15 is 0 Å². The third kappa shape index (κ3) is 4.03. The zero-order valence-electron chi connectivity index (χ0n) is 11.3. The molecule has 0 unspecified atom stereocenters. The fraction of sp³-hybridized carbons (Fsp3) is 0.462. The van der Waals surface area contributed by atoms with Crippen molar-refractivity contribution in [2.45, 2.75) is 13.0 Å². The van der Waals surface area contributed by atoms with E-state index in [0.717, 1.165) is 0 Å². The van der Waals surface area contributed by atoms with E-state index in [1.807, 2.05) is 0 Å². The third-order valence-electron chi connectivity index (χ3n) is 2.48. The molecule has 1 aromatic rings. The molecule has 0 heterocycles. The van der Waals surface area contributed by atoms with E-state index in [1.165, 1.54) is 21.3 Å². The van der Waals surface area contributed by atoms with Crippen LogP contribution >= 0.6 is 0 Å². The Morgan fingerprint density at radius 2 is 1.74 bits per heavy atom. The number of aliphatic hydroxyl groups is 1. The van der Waals surface area contributed by atoms with Crippen LogP contribution in [0.25, 0.3) is 0 Å². The monoisotopic (exact) mass is 270 g/mol. The van der Waals surface area contributed by atoms with Gasteiger partial charge in [-0.15, -0.1) is 0 Å². The number of hydrogen-bond donors (Lipinski definition) is 1. The minimum atomic E-state index is -0.357. The smallest absolute Gasteiger partial charge is 0.308 e. The Labute approximate surface area is 111 Å². The van der Waals surface area contributed by atoms with Crippen LogP contribution in [0.2, 0.25) is 0 Å². The number of aliphatic hydroxyl groups excluding tert-OH is 1. The summed E-state index contributed by atoms with van der Waals surface area (Å²) in [6, 6.07) is 3.30. The maximum absolute atomic E-state index is 11.0. The zero-order chi connectivity index (χ0) is 14.3. The summed E-state index contributed by atoms with van der Waals surface area (Å²) < 4.78 is 20.4. The van der Waals surface area contributed by atoms with Crippen molar-refractivity contribution >= 4 is 5.97 Å². The van der Waals surface area contributed by atoms with Crippen molar-refractivity contribution in [3.05, 3.63) is 17.7 Å². The minimum Gasteiger partial charge on any atom is -0.493 e. The molecule has 1 aromatic carbocycles. The van der Waals surface area contributed by atoms with E-state index in [9.17, 15) is 4.79 Å². The number of hydrogen-bond acceptors (Lipinski definition) is 6. The second kappa shape index (κ2) is 7.48. The van der Waals surface area contributed by atoms with Gasteiger partial charge in [-0.05, 0) is 17.7 Å². The average molecular weight is 270 g/mol. The lowest BCUT2D eigenvalue weighted by molar-refractivity contribution is -0.141. The van der Waals surface area contributed by atoms with Crippen LogP contribution in [0, 0.1) is 0 Å². The van der Waals surface area contributed by atoms with Crippen LogP contribution in [-0.4, -0.2) is 39.0 Å². The van der Waals surface area contributed by atoms with Gasteiger partial charge >= 0.3 is 5.97 Å². The summed E-state index contributed by atoms with van der Waals surface area (Å²) in [5.74, 6) is 0.914. The van der Waals surface area contributed by atoms with Gasteiger partial charge in [0, 0.05) is 0 Å². The Hall–Kier alpha value is -1.95. The van der Waals surface area contributed by atoms with Crippen LogP contribution in [0.4, 0.5) is 0 Å². The Balaban J connectivity index is 2.88. The second-order valence-corrected chi connectivity index (χ2v) is 3.66. The van der Waals surface area contributed by atoms with Crippen molar-refractivity contribution in [3.8, 4) is 17.2 Å². The van der Waals surface area contributed by atoms with Crippen molar-refractivity contribution in [3.63, 3.8) is 0 Å². The molecule has 0 saturated carbocycles. The standard InChI is InChI=1S/C13H18O6/c1-16-10-6-9(8-14)7-11(17-2)13(10)19-5-4-12(15)18-3/h6-7,14H,4-5,8H2,1-3H3. The Morgan fingerprint density at radius 3 is 2.16 bits per heavy atom. The molecule has 19 heavy (non-hydrogen) atoms. The van der Waals surface area contributed by atoms with Crippen LogP contribution in [0.1, 0.15) is 12.0 Å². The lowest BCUT2D eigenvalue weighted by Gasteiger charge is -2.15. The fourth-order valence-electron chi connectivity index (χ4n) is 1.51. The van der Waals surface area contributed by atoms with Crippen molar-refractivity contribution in [1.82, 2.24) is 0 Å². The quantitative estimate of drug-likeness (QED) is 0.749. The Morgan fingerprint density at radius 1 is 1.16 bits per heavy atom. The van der Waals surface area contributed by atoms with Crippen LogP contribution in [0.15, 0.2) is 12.1 Å². The van der Waals surface area contributed by atoms with Crippen molar-refractivity contribution in [1.29, 1.82) is 0 Å². The first-order valence-corrected chi connectivity index (χ1v) is 5.71. The van der Waals surface area contributed by atoms with Gasteiger partial charge in [-0.2, -0.15) is 0 Å². The fourth-order valence-corrected chi connectivity index (χ4v) is 1.51. The molecular formula is C13H18O6. The number of benzene rings is 1. The highest BCUT2D eigenvalue weighted by molar-refractivity contribution is 5.69. The van der Waals surface area contributed by atoms with E-state index in [2.05, 4.69) is 4.74 Å². The molecule has 0 aliphatic heterocycles. The van der Waals surface area contributed by atoms with Crippen LogP contribution in [0.5, 0.6) is 17.2 Å². The molecule has 0 fully saturated rings. The van der Waals surface area contributed by atoms with E-state index < -0.39 is 0 Å². The normalized spacial score (nSPS) is 9.89. The molecule has 0 amide bonds. The van der Waals surface area contributed by atoms with Gasteiger partial charge in [0.1, 0.15) is 0 Å². The summed E-state index contributed by atoms with van der Waals surface area (Å²) in [5, 5.41) is 9.14. The molecular weight excluding hydrogens is 252 g/mol. The number of carbonyl (C=O) groups is 1. The highest BCUT2D eigenvalue weighted by atomic mass is 16.5. The SMILES string of the molecule is COC(=O)CCOc1c(OC)cc(CO)cc1OC. The molecule has 0 saturated heterocycles. The maximum Gasteiger partial charge on any atom is 0.308 e. The zero-order valence-corrected chi connectivity index (χ0v) is 11.3. The molecule has 6 nitrogen and oxygen atoms in total. The molecule has 0 aliphatic rings. The predicted octanol–water partition coefficient (Wildman–Crippen LogP) is 1.14. The number of esters is 1. The molecule has 1 N–H and O–H groups in total. The van der Waals surface area contributed by atoms with E-state index in [1.54, 1.807) is 12.1 Å². The second-order valence-electron chi connectivity index (χ2n) is 3.66.